The zero-order valence-electron chi connectivity index (χ0n) is 8.85. The molecule has 0 aromatic heterocycles. The average molecular weight is 244 g/mol. The quantitative estimate of drug-likeness (QED) is 0.751. The maximum Gasteiger partial charge on any atom is 0.330 e. The molecule has 92 valence electrons. The highest BCUT2D eigenvalue weighted by Gasteiger charge is 2.25. The molecule has 0 aliphatic carbocycles. The zero-order valence-corrected chi connectivity index (χ0v) is 8.85. The summed E-state index contributed by atoms with van der Waals surface area (Å²) in [5.41, 5.74) is 5.13. The van der Waals surface area contributed by atoms with Gasteiger partial charge in [0.15, 0.2) is 17.7 Å². The number of halogens is 2. The number of likely N-dealkylation sites (N-methyl/N-ethyl adjacent to an activating group) is 1. The highest BCUT2D eigenvalue weighted by molar-refractivity contribution is 6.08. The molecule has 0 saturated heterocycles. The topological polar surface area (TPSA) is 83.6 Å². The molecule has 1 amide bonds. The number of hydrogen-bond donors (Lipinski definition) is 2. The number of carbonyl (C=O) groups excluding carboxylic acids is 1. The van der Waals surface area contributed by atoms with E-state index in [1.54, 1.807) is 0 Å². The first-order valence-corrected chi connectivity index (χ1v) is 4.55. The van der Waals surface area contributed by atoms with Gasteiger partial charge in [-0.05, 0) is 12.1 Å². The molecular weight excluding hydrogens is 234 g/mol. The summed E-state index contributed by atoms with van der Waals surface area (Å²) < 4.78 is 25.6. The van der Waals surface area contributed by atoms with Gasteiger partial charge in [0, 0.05) is 18.8 Å². The lowest BCUT2D eigenvalue weighted by Crippen LogP contribution is -2.46. The Morgan fingerprint density at radius 1 is 1.35 bits per heavy atom. The van der Waals surface area contributed by atoms with Crippen molar-refractivity contribution in [1.82, 2.24) is 0 Å². The average Bonchev–Trinajstić information content (AvgIpc) is 2.29. The van der Waals surface area contributed by atoms with Crippen molar-refractivity contribution in [3.05, 3.63) is 29.8 Å². The summed E-state index contributed by atoms with van der Waals surface area (Å²) in [4.78, 5) is 22.8. The number of carbonyl (C=O) groups is 2. The summed E-state index contributed by atoms with van der Waals surface area (Å²) >= 11 is 0. The van der Waals surface area contributed by atoms with Crippen molar-refractivity contribution < 1.29 is 23.5 Å². The van der Waals surface area contributed by atoms with Crippen LogP contribution in [-0.4, -0.2) is 30.1 Å². The van der Waals surface area contributed by atoms with Gasteiger partial charge in [-0.1, -0.05) is 0 Å². The third-order valence-corrected chi connectivity index (χ3v) is 2.15. The Morgan fingerprint density at radius 3 is 2.41 bits per heavy atom. The number of rotatable bonds is 3. The first-order valence-electron chi connectivity index (χ1n) is 4.55. The second kappa shape index (κ2) is 4.88. The smallest absolute Gasteiger partial charge is 0.330 e. The summed E-state index contributed by atoms with van der Waals surface area (Å²) in [6.45, 7) is 0. The Kier molecular flexibility index (Phi) is 3.74. The maximum absolute atomic E-state index is 12.9. The largest absolute Gasteiger partial charge is 0.480 e. The van der Waals surface area contributed by atoms with Crippen LogP contribution in [0.4, 0.5) is 14.5 Å². The zero-order chi connectivity index (χ0) is 13.2. The molecule has 7 heteroatoms. The first-order chi connectivity index (χ1) is 7.84. The molecule has 1 aromatic carbocycles. The van der Waals surface area contributed by atoms with E-state index >= 15 is 0 Å². The van der Waals surface area contributed by atoms with Crippen LogP contribution in [0.2, 0.25) is 0 Å². The summed E-state index contributed by atoms with van der Waals surface area (Å²) in [5.74, 6) is -4.61. The van der Waals surface area contributed by atoms with Gasteiger partial charge in [0.05, 0.1) is 0 Å². The summed E-state index contributed by atoms with van der Waals surface area (Å²) in [5, 5.41) is 8.54. The minimum Gasteiger partial charge on any atom is -0.480 e. The van der Waals surface area contributed by atoms with E-state index in [1.165, 1.54) is 7.05 Å². The van der Waals surface area contributed by atoms with E-state index in [-0.39, 0.29) is 5.69 Å². The van der Waals surface area contributed by atoms with Crippen molar-refractivity contribution in [2.75, 3.05) is 11.9 Å². The number of nitrogens with two attached hydrogens (primary N) is 1. The Labute approximate surface area is 95.4 Å². The Bertz CT molecular complexity index is 465. The molecular formula is C10H10F2N2O3. The van der Waals surface area contributed by atoms with E-state index in [4.69, 9.17) is 10.8 Å². The molecule has 1 aromatic rings. The Hall–Kier alpha value is -2.02. The number of benzene rings is 1. The fourth-order valence-electron chi connectivity index (χ4n) is 1.14. The highest BCUT2D eigenvalue weighted by Crippen LogP contribution is 2.17. The van der Waals surface area contributed by atoms with Crippen molar-refractivity contribution in [3.63, 3.8) is 0 Å². The number of aliphatic carboxylic acids is 1. The van der Waals surface area contributed by atoms with Gasteiger partial charge in [-0.2, -0.15) is 0 Å². The van der Waals surface area contributed by atoms with Crippen molar-refractivity contribution in [2.24, 2.45) is 5.73 Å². The number of nitrogens with zero attached hydrogens (tertiary/aromatic N) is 1. The molecule has 0 heterocycles. The van der Waals surface area contributed by atoms with E-state index in [1.807, 2.05) is 0 Å². The lowest BCUT2D eigenvalue weighted by atomic mass is 10.2. The van der Waals surface area contributed by atoms with Crippen LogP contribution in [0, 0.1) is 11.6 Å². The second-order valence-electron chi connectivity index (χ2n) is 3.31. The first kappa shape index (κ1) is 13.0. The van der Waals surface area contributed by atoms with Gasteiger partial charge in [0.1, 0.15) is 0 Å². The van der Waals surface area contributed by atoms with Gasteiger partial charge in [0.2, 0.25) is 0 Å². The van der Waals surface area contributed by atoms with Crippen molar-refractivity contribution in [2.45, 2.75) is 6.04 Å². The minimum absolute atomic E-state index is 0.0191. The second-order valence-corrected chi connectivity index (χ2v) is 3.31. The molecule has 0 aliphatic rings. The molecule has 5 nitrogen and oxygen atoms in total. The van der Waals surface area contributed by atoms with Gasteiger partial charge in [-0.15, -0.1) is 0 Å². The summed E-state index contributed by atoms with van der Waals surface area (Å²) in [6.07, 6.45) is 0. The predicted molar refractivity (Wildman–Crippen MR) is 55.4 cm³/mol. The number of anilines is 1. The Balaban J connectivity index is 2.96. The van der Waals surface area contributed by atoms with Gasteiger partial charge in [0.25, 0.3) is 5.91 Å². The molecule has 17 heavy (non-hydrogen) atoms. The lowest BCUT2D eigenvalue weighted by Gasteiger charge is -2.19. The molecule has 0 saturated carbocycles. The minimum atomic E-state index is -1.74. The van der Waals surface area contributed by atoms with Crippen LogP contribution in [0.1, 0.15) is 0 Å². The van der Waals surface area contributed by atoms with Crippen LogP contribution >= 0.6 is 0 Å². The summed E-state index contributed by atoms with van der Waals surface area (Å²) in [6, 6.07) is 1.01. The van der Waals surface area contributed by atoms with Gasteiger partial charge in [-0.3, -0.25) is 4.79 Å². The van der Waals surface area contributed by atoms with E-state index in [0.717, 1.165) is 23.1 Å². The monoisotopic (exact) mass is 244 g/mol. The molecule has 0 bridgehead atoms. The van der Waals surface area contributed by atoms with E-state index in [9.17, 15) is 18.4 Å². The molecule has 3 N–H and O–H groups in total. The van der Waals surface area contributed by atoms with Gasteiger partial charge >= 0.3 is 5.97 Å². The van der Waals surface area contributed by atoms with Crippen molar-refractivity contribution in [1.29, 1.82) is 0 Å². The molecule has 0 aliphatic heterocycles. The van der Waals surface area contributed by atoms with E-state index in [0.29, 0.717) is 0 Å². The SMILES string of the molecule is CN(C(=O)C(N)C(=O)O)c1ccc(F)c(F)c1. The molecule has 0 radical (unpaired) electrons. The standard InChI is InChI=1S/C10H10F2N2O3/c1-14(9(15)8(13)10(16)17)5-2-3-6(11)7(12)4-5/h2-4,8H,13H2,1H3,(H,16,17). The molecule has 0 spiro atoms. The van der Waals surface area contributed by atoms with Crippen LogP contribution < -0.4 is 10.6 Å². The Morgan fingerprint density at radius 2 is 1.94 bits per heavy atom. The number of amides is 1. The van der Waals surface area contributed by atoms with Gasteiger partial charge in [-0.25, -0.2) is 13.6 Å². The van der Waals surface area contributed by atoms with Crippen LogP contribution in [0.3, 0.4) is 0 Å². The van der Waals surface area contributed by atoms with Crippen LogP contribution in [0.5, 0.6) is 0 Å². The number of carboxylic acid groups (broad SMARTS) is 1. The third-order valence-electron chi connectivity index (χ3n) is 2.15. The van der Waals surface area contributed by atoms with Crippen LogP contribution in [0.25, 0.3) is 0 Å². The van der Waals surface area contributed by atoms with Crippen molar-refractivity contribution in [3.8, 4) is 0 Å². The van der Waals surface area contributed by atoms with E-state index in [2.05, 4.69) is 0 Å². The molecule has 0 fully saturated rings. The fraction of sp³-hybridized carbons (Fsp3) is 0.200. The fourth-order valence-corrected chi connectivity index (χ4v) is 1.14. The van der Waals surface area contributed by atoms with Crippen molar-refractivity contribution >= 4 is 17.6 Å². The normalized spacial score (nSPS) is 12.0. The van der Waals surface area contributed by atoms with E-state index < -0.39 is 29.6 Å². The van der Waals surface area contributed by atoms with Gasteiger partial charge < -0.3 is 15.7 Å². The molecule has 1 atom stereocenters. The lowest BCUT2D eigenvalue weighted by molar-refractivity contribution is -0.142. The third kappa shape index (κ3) is 2.76. The number of carboxylic acids is 1. The predicted octanol–water partition coefficient (Wildman–Crippen LogP) is 0.339. The van der Waals surface area contributed by atoms with Crippen LogP contribution in [-0.2, 0) is 9.59 Å². The molecule has 1 rings (SSSR count). The number of hydrogen-bond acceptors (Lipinski definition) is 3. The maximum atomic E-state index is 12.9. The molecule has 1 unspecified atom stereocenters. The summed E-state index contributed by atoms with van der Waals surface area (Å²) in [7, 11) is 1.22. The van der Waals surface area contributed by atoms with Crippen LogP contribution in [0.15, 0.2) is 18.2 Å². The highest BCUT2D eigenvalue weighted by atomic mass is 19.2.